The van der Waals surface area contributed by atoms with Gasteiger partial charge >= 0.3 is 0 Å². The van der Waals surface area contributed by atoms with Gasteiger partial charge in [0.15, 0.2) is 0 Å². The van der Waals surface area contributed by atoms with Crippen LogP contribution in [-0.2, 0) is 4.74 Å². The summed E-state index contributed by atoms with van der Waals surface area (Å²) in [6.07, 6.45) is 2.02. The zero-order chi connectivity index (χ0) is 19.3. The quantitative estimate of drug-likeness (QED) is 0.678. The van der Waals surface area contributed by atoms with Crippen molar-refractivity contribution in [2.45, 2.75) is 0 Å². The molecule has 3 aromatic rings. The van der Waals surface area contributed by atoms with Crippen molar-refractivity contribution in [2.24, 2.45) is 0 Å². The average molecular weight is 382 g/mol. The van der Waals surface area contributed by atoms with E-state index in [4.69, 9.17) is 19.2 Å². The Morgan fingerprint density at radius 1 is 1.11 bits per heavy atom. The zero-order valence-corrected chi connectivity index (χ0v) is 16.4. The Kier molecular flexibility index (Phi) is 5.64. The fraction of sp³-hybridized carbons (Fsp3) is 0.381. The fourth-order valence-corrected chi connectivity index (χ4v) is 3.51. The maximum atomic E-state index is 5.60. The molecular formula is C21H26N4O3. The molecule has 0 aliphatic carbocycles. The lowest BCUT2D eigenvalue weighted by Crippen LogP contribution is -2.39. The van der Waals surface area contributed by atoms with Crippen LogP contribution in [0.1, 0.15) is 0 Å². The molecule has 148 valence electrons. The van der Waals surface area contributed by atoms with E-state index in [2.05, 4.69) is 14.6 Å². The summed E-state index contributed by atoms with van der Waals surface area (Å²) in [6, 6.07) is 11.8. The van der Waals surface area contributed by atoms with Gasteiger partial charge in [0.2, 0.25) is 0 Å². The lowest BCUT2D eigenvalue weighted by Gasteiger charge is -2.26. The minimum absolute atomic E-state index is 0.764. The number of imidazole rings is 1. The summed E-state index contributed by atoms with van der Waals surface area (Å²) in [7, 11) is 3.34. The van der Waals surface area contributed by atoms with Gasteiger partial charge in [0.1, 0.15) is 28.7 Å². The van der Waals surface area contributed by atoms with Crippen LogP contribution in [0.15, 0.2) is 42.6 Å². The molecule has 4 rings (SSSR count). The SMILES string of the molecule is COc1ccc(OC)c(-c2nc3ccccn3c2NCCN2CCOCC2)c1. The van der Waals surface area contributed by atoms with Crippen LogP contribution < -0.4 is 14.8 Å². The summed E-state index contributed by atoms with van der Waals surface area (Å²) < 4.78 is 18.5. The van der Waals surface area contributed by atoms with E-state index in [9.17, 15) is 0 Å². The van der Waals surface area contributed by atoms with Gasteiger partial charge in [0, 0.05) is 37.9 Å². The fourth-order valence-electron chi connectivity index (χ4n) is 3.51. The number of nitrogens with one attached hydrogen (secondary N) is 1. The van der Waals surface area contributed by atoms with Crippen LogP contribution in [0.5, 0.6) is 11.5 Å². The number of morpholine rings is 1. The van der Waals surface area contributed by atoms with E-state index in [0.29, 0.717) is 0 Å². The summed E-state index contributed by atoms with van der Waals surface area (Å²) in [4.78, 5) is 7.27. The van der Waals surface area contributed by atoms with Gasteiger partial charge in [0.25, 0.3) is 0 Å². The molecule has 1 fully saturated rings. The van der Waals surface area contributed by atoms with Crippen molar-refractivity contribution in [3.05, 3.63) is 42.6 Å². The molecule has 0 bridgehead atoms. The van der Waals surface area contributed by atoms with Crippen molar-refractivity contribution in [1.29, 1.82) is 0 Å². The summed E-state index contributed by atoms with van der Waals surface area (Å²) in [5, 5.41) is 3.59. The molecular weight excluding hydrogens is 356 g/mol. The Hall–Kier alpha value is -2.77. The maximum Gasteiger partial charge on any atom is 0.139 e. The minimum Gasteiger partial charge on any atom is -0.497 e. The van der Waals surface area contributed by atoms with Crippen LogP contribution in [-0.4, -0.2) is 67.9 Å². The topological polar surface area (TPSA) is 60.3 Å². The molecule has 28 heavy (non-hydrogen) atoms. The summed E-state index contributed by atoms with van der Waals surface area (Å²) >= 11 is 0. The number of fused-ring (bicyclic) bond motifs is 1. The molecule has 0 radical (unpaired) electrons. The van der Waals surface area contributed by atoms with Crippen LogP contribution in [0.4, 0.5) is 5.82 Å². The number of nitrogens with zero attached hydrogens (tertiary/aromatic N) is 3. The van der Waals surface area contributed by atoms with E-state index >= 15 is 0 Å². The van der Waals surface area contributed by atoms with Gasteiger partial charge in [-0.2, -0.15) is 0 Å². The van der Waals surface area contributed by atoms with Gasteiger partial charge in [-0.15, -0.1) is 0 Å². The lowest BCUT2D eigenvalue weighted by atomic mass is 10.1. The number of rotatable bonds is 7. The summed E-state index contributed by atoms with van der Waals surface area (Å²) in [6.45, 7) is 5.35. The van der Waals surface area contributed by atoms with Crippen LogP contribution in [0.2, 0.25) is 0 Å². The highest BCUT2D eigenvalue weighted by atomic mass is 16.5. The largest absolute Gasteiger partial charge is 0.497 e. The monoisotopic (exact) mass is 382 g/mol. The molecule has 1 N–H and O–H groups in total. The first-order valence-corrected chi connectivity index (χ1v) is 9.53. The average Bonchev–Trinajstić information content (AvgIpc) is 3.12. The van der Waals surface area contributed by atoms with Gasteiger partial charge < -0.3 is 19.5 Å². The Labute approximate surface area is 164 Å². The van der Waals surface area contributed by atoms with Crippen LogP contribution >= 0.6 is 0 Å². The highest BCUT2D eigenvalue weighted by Crippen LogP contribution is 2.37. The van der Waals surface area contributed by atoms with E-state index in [0.717, 1.165) is 73.6 Å². The van der Waals surface area contributed by atoms with E-state index in [1.807, 2.05) is 42.6 Å². The predicted molar refractivity (Wildman–Crippen MR) is 109 cm³/mol. The third-order valence-corrected chi connectivity index (χ3v) is 5.02. The van der Waals surface area contributed by atoms with Gasteiger partial charge in [-0.1, -0.05) is 6.07 Å². The zero-order valence-electron chi connectivity index (χ0n) is 16.4. The van der Waals surface area contributed by atoms with Gasteiger partial charge in [0.05, 0.1) is 27.4 Å². The first-order chi connectivity index (χ1) is 13.8. The predicted octanol–water partition coefficient (Wildman–Crippen LogP) is 2.76. The lowest BCUT2D eigenvalue weighted by molar-refractivity contribution is 0.0398. The number of pyridine rings is 1. The number of ether oxygens (including phenoxy) is 3. The normalized spacial score (nSPS) is 14.9. The molecule has 0 amide bonds. The van der Waals surface area contributed by atoms with Gasteiger partial charge in [-0.25, -0.2) is 4.98 Å². The minimum atomic E-state index is 0.764. The smallest absolute Gasteiger partial charge is 0.139 e. The first kappa shape index (κ1) is 18.6. The molecule has 7 heteroatoms. The third-order valence-electron chi connectivity index (χ3n) is 5.02. The number of methoxy groups -OCH3 is 2. The second-order valence-electron chi connectivity index (χ2n) is 6.68. The van der Waals surface area contributed by atoms with Crippen LogP contribution in [0.3, 0.4) is 0 Å². The Bertz CT molecular complexity index is 935. The number of aromatic nitrogens is 2. The number of hydrogen-bond donors (Lipinski definition) is 1. The van der Waals surface area contributed by atoms with Crippen LogP contribution in [0.25, 0.3) is 16.9 Å². The van der Waals surface area contributed by atoms with E-state index in [1.54, 1.807) is 14.2 Å². The van der Waals surface area contributed by atoms with E-state index in [1.165, 1.54) is 0 Å². The molecule has 2 aromatic heterocycles. The summed E-state index contributed by atoms with van der Waals surface area (Å²) in [5.74, 6) is 2.49. The van der Waals surface area contributed by atoms with Crippen LogP contribution in [0, 0.1) is 0 Å². The molecule has 0 spiro atoms. The highest BCUT2D eigenvalue weighted by Gasteiger charge is 2.19. The Morgan fingerprint density at radius 3 is 2.75 bits per heavy atom. The van der Waals surface area contributed by atoms with Crippen molar-refractivity contribution in [2.75, 3.05) is 58.9 Å². The van der Waals surface area contributed by atoms with E-state index in [-0.39, 0.29) is 0 Å². The van der Waals surface area contributed by atoms with Crippen molar-refractivity contribution in [3.63, 3.8) is 0 Å². The molecule has 7 nitrogen and oxygen atoms in total. The number of hydrogen-bond acceptors (Lipinski definition) is 6. The van der Waals surface area contributed by atoms with E-state index < -0.39 is 0 Å². The van der Waals surface area contributed by atoms with Crippen molar-refractivity contribution >= 4 is 11.5 Å². The second kappa shape index (κ2) is 8.50. The highest BCUT2D eigenvalue weighted by molar-refractivity contribution is 5.81. The van der Waals surface area contributed by atoms with Gasteiger partial charge in [-0.3, -0.25) is 9.30 Å². The maximum absolute atomic E-state index is 5.60. The molecule has 1 aliphatic heterocycles. The third kappa shape index (κ3) is 3.76. The molecule has 0 saturated carbocycles. The van der Waals surface area contributed by atoms with Gasteiger partial charge in [-0.05, 0) is 30.3 Å². The molecule has 0 atom stereocenters. The van der Waals surface area contributed by atoms with Crippen molar-refractivity contribution < 1.29 is 14.2 Å². The first-order valence-electron chi connectivity index (χ1n) is 9.53. The Morgan fingerprint density at radius 2 is 1.96 bits per heavy atom. The summed E-state index contributed by atoms with van der Waals surface area (Å²) in [5.41, 5.74) is 2.64. The van der Waals surface area contributed by atoms with Crippen molar-refractivity contribution in [3.8, 4) is 22.8 Å². The molecule has 1 aromatic carbocycles. The molecule has 1 aliphatic rings. The standard InChI is InChI=1S/C21H26N4O3/c1-26-16-6-7-18(27-2)17(15-16)20-21(25-9-4-3-5-19(25)23-20)22-8-10-24-11-13-28-14-12-24/h3-7,9,15,22H,8,10-14H2,1-2H3. The number of benzene rings is 1. The second-order valence-corrected chi connectivity index (χ2v) is 6.68. The molecule has 3 heterocycles. The number of anilines is 1. The van der Waals surface area contributed by atoms with Crippen molar-refractivity contribution in [1.82, 2.24) is 14.3 Å². The Balaban J connectivity index is 1.67. The molecule has 0 unspecified atom stereocenters. The molecule has 1 saturated heterocycles.